The third-order valence-corrected chi connectivity index (χ3v) is 7.26. The van der Waals surface area contributed by atoms with Crippen molar-refractivity contribution in [1.29, 1.82) is 0 Å². The topological polar surface area (TPSA) is 56.3 Å². The Kier molecular flexibility index (Phi) is 4.70. The van der Waals surface area contributed by atoms with E-state index in [-0.39, 0.29) is 16.2 Å². The Morgan fingerprint density at radius 2 is 1.69 bits per heavy atom. The predicted octanol–water partition coefficient (Wildman–Crippen LogP) is 6.04. The number of sulfone groups is 1. The van der Waals surface area contributed by atoms with Gasteiger partial charge in [-0.3, -0.25) is 4.98 Å². The van der Waals surface area contributed by atoms with Crippen LogP contribution < -0.4 is 4.74 Å². The van der Waals surface area contributed by atoms with Crippen LogP contribution in [0.1, 0.15) is 11.1 Å². The van der Waals surface area contributed by atoms with E-state index >= 15 is 0 Å². The van der Waals surface area contributed by atoms with Crippen molar-refractivity contribution < 1.29 is 26.3 Å². The zero-order chi connectivity index (χ0) is 22.5. The van der Waals surface area contributed by atoms with Crippen molar-refractivity contribution in [2.24, 2.45) is 0 Å². The molecule has 2 heterocycles. The molecular weight excluding hydrogens is 439 g/mol. The molecule has 0 saturated heterocycles. The van der Waals surface area contributed by atoms with Crippen molar-refractivity contribution in [2.75, 3.05) is 5.75 Å². The molecule has 0 N–H and O–H groups in total. The molecule has 5 rings (SSSR count). The second-order valence-corrected chi connectivity index (χ2v) is 9.60. The van der Waals surface area contributed by atoms with Gasteiger partial charge < -0.3 is 4.74 Å². The third-order valence-electron chi connectivity index (χ3n) is 5.47. The van der Waals surface area contributed by atoms with E-state index in [0.29, 0.717) is 34.4 Å². The molecule has 162 valence electrons. The first-order valence-electron chi connectivity index (χ1n) is 9.81. The fourth-order valence-electron chi connectivity index (χ4n) is 3.97. The Labute approximate surface area is 182 Å². The molecular formula is C24H16F3NO3S. The highest BCUT2D eigenvalue weighted by atomic mass is 32.2. The van der Waals surface area contributed by atoms with Crippen LogP contribution in [-0.2, 0) is 22.4 Å². The van der Waals surface area contributed by atoms with Crippen LogP contribution in [0.15, 0.2) is 77.8 Å². The molecule has 1 aliphatic rings. The lowest BCUT2D eigenvalue weighted by Crippen LogP contribution is -2.06. The predicted molar refractivity (Wildman–Crippen MR) is 114 cm³/mol. The molecule has 4 nitrogen and oxygen atoms in total. The summed E-state index contributed by atoms with van der Waals surface area (Å²) in [6, 6.07) is 17.5. The van der Waals surface area contributed by atoms with Gasteiger partial charge in [-0.2, -0.15) is 13.2 Å². The molecule has 0 aliphatic carbocycles. The van der Waals surface area contributed by atoms with Crippen molar-refractivity contribution in [3.8, 4) is 22.6 Å². The summed E-state index contributed by atoms with van der Waals surface area (Å²) in [6.45, 7) is 0. The number of fused-ring (bicyclic) bond motifs is 2. The van der Waals surface area contributed by atoms with Crippen molar-refractivity contribution >= 4 is 20.7 Å². The van der Waals surface area contributed by atoms with Crippen molar-refractivity contribution in [2.45, 2.75) is 17.5 Å². The molecule has 0 spiro atoms. The van der Waals surface area contributed by atoms with Gasteiger partial charge in [0.1, 0.15) is 11.5 Å². The van der Waals surface area contributed by atoms with Crippen LogP contribution in [0, 0.1) is 0 Å². The molecule has 0 unspecified atom stereocenters. The van der Waals surface area contributed by atoms with Gasteiger partial charge in [0.05, 0.1) is 21.7 Å². The molecule has 0 fully saturated rings. The van der Waals surface area contributed by atoms with Gasteiger partial charge in [0.2, 0.25) is 0 Å². The van der Waals surface area contributed by atoms with E-state index in [2.05, 4.69) is 4.98 Å². The summed E-state index contributed by atoms with van der Waals surface area (Å²) >= 11 is 0. The maximum Gasteiger partial charge on any atom is 0.418 e. The Morgan fingerprint density at radius 1 is 0.906 bits per heavy atom. The van der Waals surface area contributed by atoms with Crippen molar-refractivity contribution in [3.05, 3.63) is 84.1 Å². The number of rotatable bonds is 3. The summed E-state index contributed by atoms with van der Waals surface area (Å²) in [4.78, 5) is 4.25. The van der Waals surface area contributed by atoms with Crippen molar-refractivity contribution in [1.82, 2.24) is 4.98 Å². The molecule has 0 bridgehead atoms. The monoisotopic (exact) mass is 455 g/mol. The number of alkyl halides is 3. The third kappa shape index (κ3) is 3.60. The van der Waals surface area contributed by atoms with Gasteiger partial charge in [0.15, 0.2) is 9.84 Å². The molecule has 1 aromatic heterocycles. The normalized spacial score (nSPS) is 15.0. The minimum Gasteiger partial charge on any atom is -0.457 e. The summed E-state index contributed by atoms with van der Waals surface area (Å²) in [5.74, 6) is 0.913. The number of hydrogen-bond acceptors (Lipinski definition) is 4. The van der Waals surface area contributed by atoms with E-state index in [0.717, 1.165) is 11.6 Å². The first-order chi connectivity index (χ1) is 15.2. The minimum absolute atomic E-state index is 0.0936. The number of ether oxygens (including phenoxy) is 1. The lowest BCUT2D eigenvalue weighted by molar-refractivity contribution is -0.136. The number of pyridine rings is 1. The maximum atomic E-state index is 13.4. The van der Waals surface area contributed by atoms with Gasteiger partial charge in [0, 0.05) is 11.6 Å². The highest BCUT2D eigenvalue weighted by Crippen LogP contribution is 2.38. The summed E-state index contributed by atoms with van der Waals surface area (Å²) in [6.07, 6.45) is -2.67. The van der Waals surface area contributed by atoms with Crippen LogP contribution in [0.3, 0.4) is 0 Å². The maximum absolute atomic E-state index is 13.4. The summed E-state index contributed by atoms with van der Waals surface area (Å²) in [5.41, 5.74) is 1.11. The number of aromatic nitrogens is 1. The van der Waals surface area contributed by atoms with Crippen LogP contribution >= 0.6 is 0 Å². The second-order valence-electron chi connectivity index (χ2n) is 7.53. The number of para-hydroxylation sites is 1. The van der Waals surface area contributed by atoms with Gasteiger partial charge in [-0.15, -0.1) is 0 Å². The van der Waals surface area contributed by atoms with E-state index in [4.69, 9.17) is 4.74 Å². The first kappa shape index (κ1) is 20.5. The summed E-state index contributed by atoms with van der Waals surface area (Å²) in [7, 11) is -3.29. The fraction of sp³-hybridized carbons (Fsp3) is 0.125. The van der Waals surface area contributed by atoms with Gasteiger partial charge in [-0.1, -0.05) is 30.3 Å². The average molecular weight is 455 g/mol. The van der Waals surface area contributed by atoms with E-state index in [9.17, 15) is 21.6 Å². The van der Waals surface area contributed by atoms with E-state index in [1.54, 1.807) is 48.5 Å². The molecule has 8 heteroatoms. The molecule has 0 amide bonds. The Balaban J connectivity index is 1.54. The average Bonchev–Trinajstić information content (AvgIpc) is 3.06. The highest BCUT2D eigenvalue weighted by Gasteiger charge is 2.33. The van der Waals surface area contributed by atoms with Gasteiger partial charge in [-0.25, -0.2) is 8.42 Å². The Bertz CT molecular complexity index is 1460. The van der Waals surface area contributed by atoms with E-state index in [1.807, 2.05) is 0 Å². The number of aryl methyl sites for hydroxylation is 1. The zero-order valence-corrected chi connectivity index (χ0v) is 17.4. The Hall–Kier alpha value is -3.39. The van der Waals surface area contributed by atoms with Crippen LogP contribution in [0.5, 0.6) is 11.5 Å². The van der Waals surface area contributed by atoms with Gasteiger partial charge in [-0.05, 0) is 59.5 Å². The van der Waals surface area contributed by atoms with Gasteiger partial charge >= 0.3 is 6.18 Å². The first-order valence-corrected chi connectivity index (χ1v) is 11.5. The summed E-state index contributed by atoms with van der Waals surface area (Å²) in [5, 5.41) is 0.378. The Morgan fingerprint density at radius 3 is 2.50 bits per heavy atom. The summed E-state index contributed by atoms with van der Waals surface area (Å²) < 4.78 is 70.5. The number of benzene rings is 3. The van der Waals surface area contributed by atoms with Crippen LogP contribution in [0.2, 0.25) is 0 Å². The standard InChI is InChI=1S/C24H16F3NO3S/c25-24(26,27)21-6-2-5-20-19(9-11-28-23(20)21)16-3-1-4-17(13-16)31-18-8-7-15-10-12-32(29,30)22(15)14-18/h1-9,11,13-14H,10,12H2. The SMILES string of the molecule is O=S1(=O)CCc2ccc(Oc3cccc(-c4ccnc5c(C(F)(F)F)cccc45)c3)cc21. The smallest absolute Gasteiger partial charge is 0.418 e. The minimum atomic E-state index is -4.51. The van der Waals surface area contributed by atoms with Crippen molar-refractivity contribution in [3.63, 3.8) is 0 Å². The molecule has 3 aromatic carbocycles. The molecule has 32 heavy (non-hydrogen) atoms. The number of nitrogens with zero attached hydrogens (tertiary/aromatic N) is 1. The second kappa shape index (κ2) is 7.34. The van der Waals surface area contributed by atoms with Gasteiger partial charge in [0.25, 0.3) is 0 Å². The van der Waals surface area contributed by atoms with E-state index < -0.39 is 21.6 Å². The quantitative estimate of drug-likeness (QED) is 0.378. The largest absolute Gasteiger partial charge is 0.457 e. The molecule has 0 saturated carbocycles. The van der Waals surface area contributed by atoms with Crippen LogP contribution in [0.4, 0.5) is 13.2 Å². The van der Waals surface area contributed by atoms with Crippen LogP contribution in [-0.4, -0.2) is 19.2 Å². The lowest BCUT2D eigenvalue weighted by Gasteiger charge is -2.13. The fourth-order valence-corrected chi connectivity index (χ4v) is 5.54. The molecule has 1 aliphatic heterocycles. The van der Waals surface area contributed by atoms with E-state index in [1.165, 1.54) is 18.3 Å². The van der Waals surface area contributed by atoms with Crippen LogP contribution in [0.25, 0.3) is 22.0 Å². The number of hydrogen-bond donors (Lipinski definition) is 0. The molecule has 0 atom stereocenters. The molecule has 0 radical (unpaired) electrons. The highest BCUT2D eigenvalue weighted by molar-refractivity contribution is 7.91. The lowest BCUT2D eigenvalue weighted by atomic mass is 9.99. The molecule has 4 aromatic rings. The zero-order valence-electron chi connectivity index (χ0n) is 16.6. The number of halogens is 3.